The van der Waals surface area contributed by atoms with Gasteiger partial charge < -0.3 is 5.11 Å². The second-order valence-corrected chi connectivity index (χ2v) is 8.93. The topological polar surface area (TPSA) is 89.3 Å². The first-order chi connectivity index (χ1) is 13.8. The number of carboxylic acid groups (broad SMARTS) is 1. The van der Waals surface area contributed by atoms with Crippen molar-refractivity contribution in [3.8, 4) is 11.3 Å². The standard InChI is InChI=1S/C21H17ClN2O4S/c1-13-17(22)6-4-8-19(13)29(27,28)24-18-7-3-2-5-16(18)20(23-24)14-9-11-15(12-10-14)21(25)26/h2-3,5,7-12H,4,6H2,1H3,(H,25,26). The van der Waals surface area contributed by atoms with E-state index in [0.717, 1.165) is 4.09 Å². The number of aromatic nitrogens is 2. The van der Waals surface area contributed by atoms with Gasteiger partial charge in [0.1, 0.15) is 5.69 Å². The van der Waals surface area contributed by atoms with E-state index in [1.54, 1.807) is 49.4 Å². The fraction of sp³-hybridized carbons (Fsp3) is 0.143. The first-order valence-corrected chi connectivity index (χ1v) is 10.8. The molecule has 0 bridgehead atoms. The fourth-order valence-corrected chi connectivity index (χ4v) is 5.30. The van der Waals surface area contributed by atoms with Crippen molar-refractivity contribution in [2.45, 2.75) is 19.8 Å². The van der Waals surface area contributed by atoms with Gasteiger partial charge >= 0.3 is 5.97 Å². The minimum absolute atomic E-state index is 0.146. The highest BCUT2D eigenvalue weighted by Crippen LogP contribution is 2.35. The van der Waals surface area contributed by atoms with Gasteiger partial charge in [0, 0.05) is 16.0 Å². The number of halogens is 1. The van der Waals surface area contributed by atoms with Crippen LogP contribution in [0, 0.1) is 0 Å². The van der Waals surface area contributed by atoms with Crippen LogP contribution in [-0.4, -0.2) is 28.7 Å². The molecule has 1 aliphatic rings. The number of carbonyl (C=O) groups is 1. The Labute approximate surface area is 172 Å². The maximum absolute atomic E-state index is 13.4. The number of benzene rings is 2. The molecule has 1 heterocycles. The molecule has 0 unspecified atom stereocenters. The quantitative estimate of drug-likeness (QED) is 0.646. The molecule has 29 heavy (non-hydrogen) atoms. The Morgan fingerprint density at radius 1 is 1.14 bits per heavy atom. The molecular formula is C21H17ClN2O4S. The molecule has 0 spiro atoms. The van der Waals surface area contributed by atoms with Crippen LogP contribution in [0.2, 0.25) is 0 Å². The third kappa shape index (κ3) is 3.26. The van der Waals surface area contributed by atoms with Gasteiger partial charge in [0.05, 0.1) is 16.0 Å². The molecule has 3 aromatic rings. The van der Waals surface area contributed by atoms with Crippen LogP contribution in [0.3, 0.4) is 0 Å². The maximum Gasteiger partial charge on any atom is 0.335 e. The van der Waals surface area contributed by atoms with Gasteiger partial charge in [-0.25, -0.2) is 4.79 Å². The number of rotatable bonds is 4. The lowest BCUT2D eigenvalue weighted by Gasteiger charge is -2.16. The largest absolute Gasteiger partial charge is 0.478 e. The van der Waals surface area contributed by atoms with Crippen molar-refractivity contribution in [2.24, 2.45) is 0 Å². The zero-order valence-electron chi connectivity index (χ0n) is 15.5. The van der Waals surface area contributed by atoms with Gasteiger partial charge in [0.25, 0.3) is 10.0 Å². The number of carboxylic acids is 1. The normalized spacial score (nSPS) is 14.9. The van der Waals surface area contributed by atoms with Crippen LogP contribution in [0.25, 0.3) is 22.2 Å². The summed E-state index contributed by atoms with van der Waals surface area (Å²) in [6.45, 7) is 1.70. The molecule has 2 aromatic carbocycles. The molecule has 0 atom stereocenters. The van der Waals surface area contributed by atoms with Crippen LogP contribution in [-0.2, 0) is 10.0 Å². The van der Waals surface area contributed by atoms with E-state index in [1.807, 2.05) is 0 Å². The van der Waals surface area contributed by atoms with E-state index in [1.165, 1.54) is 12.1 Å². The van der Waals surface area contributed by atoms with Gasteiger partial charge in [0.2, 0.25) is 0 Å². The van der Waals surface area contributed by atoms with Gasteiger partial charge in [-0.2, -0.15) is 17.6 Å². The first-order valence-electron chi connectivity index (χ1n) is 8.93. The summed E-state index contributed by atoms with van der Waals surface area (Å²) in [6, 6.07) is 13.2. The zero-order valence-corrected chi connectivity index (χ0v) is 17.0. The molecular weight excluding hydrogens is 412 g/mol. The van der Waals surface area contributed by atoms with Crippen LogP contribution in [0.5, 0.6) is 0 Å². The smallest absolute Gasteiger partial charge is 0.335 e. The molecule has 1 aliphatic carbocycles. The monoisotopic (exact) mass is 428 g/mol. The Morgan fingerprint density at radius 3 is 2.52 bits per heavy atom. The number of nitrogens with zero attached hydrogens (tertiary/aromatic N) is 2. The summed E-state index contributed by atoms with van der Waals surface area (Å²) in [5, 5.41) is 14.7. The van der Waals surface area contributed by atoms with E-state index < -0.39 is 16.0 Å². The summed E-state index contributed by atoms with van der Waals surface area (Å²) in [4.78, 5) is 11.3. The van der Waals surface area contributed by atoms with Crippen molar-refractivity contribution >= 4 is 38.5 Å². The zero-order chi connectivity index (χ0) is 20.8. The number of para-hydroxylation sites is 1. The summed E-state index contributed by atoms with van der Waals surface area (Å²) in [5.41, 5.74) is 2.21. The average molecular weight is 429 g/mol. The Morgan fingerprint density at radius 2 is 1.83 bits per heavy atom. The number of aromatic carboxylic acids is 1. The molecule has 148 valence electrons. The molecule has 1 N–H and O–H groups in total. The minimum atomic E-state index is -3.95. The number of hydrogen-bond donors (Lipinski definition) is 1. The van der Waals surface area contributed by atoms with E-state index in [2.05, 4.69) is 5.10 Å². The Balaban J connectivity index is 1.92. The Kier molecular flexibility index (Phi) is 4.80. The molecule has 0 amide bonds. The summed E-state index contributed by atoms with van der Waals surface area (Å²) in [6.07, 6.45) is 2.84. The van der Waals surface area contributed by atoms with Gasteiger partial charge in [-0.3, -0.25) is 0 Å². The third-order valence-corrected chi connectivity index (χ3v) is 7.17. The Hall–Kier alpha value is -2.90. The van der Waals surface area contributed by atoms with Crippen molar-refractivity contribution in [2.75, 3.05) is 0 Å². The fourth-order valence-electron chi connectivity index (χ4n) is 3.40. The van der Waals surface area contributed by atoms with Crippen LogP contribution in [0.4, 0.5) is 0 Å². The predicted molar refractivity (Wildman–Crippen MR) is 112 cm³/mol. The molecule has 1 aromatic heterocycles. The van der Waals surface area contributed by atoms with Crippen LogP contribution >= 0.6 is 11.6 Å². The first kappa shape index (κ1) is 19.4. The molecule has 0 fully saturated rings. The number of hydrogen-bond acceptors (Lipinski definition) is 4. The SMILES string of the molecule is CC1=C(Cl)CCC=C1S(=O)(=O)n1nc(-c2ccc(C(=O)O)cc2)c2ccccc21. The summed E-state index contributed by atoms with van der Waals surface area (Å²) < 4.78 is 27.8. The number of allylic oxidation sites excluding steroid dienone is 3. The van der Waals surface area contributed by atoms with E-state index in [-0.39, 0.29) is 10.5 Å². The molecule has 0 saturated heterocycles. The van der Waals surface area contributed by atoms with Crippen LogP contribution in [0.1, 0.15) is 30.1 Å². The lowest BCUT2D eigenvalue weighted by atomic mass is 10.1. The van der Waals surface area contributed by atoms with Crippen LogP contribution < -0.4 is 0 Å². The second-order valence-electron chi connectivity index (χ2n) is 6.73. The molecule has 6 nitrogen and oxygen atoms in total. The van der Waals surface area contributed by atoms with Gasteiger partial charge in [0.15, 0.2) is 0 Å². The van der Waals surface area contributed by atoms with Crippen molar-refractivity contribution in [3.63, 3.8) is 0 Å². The van der Waals surface area contributed by atoms with Gasteiger partial charge in [-0.05, 0) is 43.5 Å². The molecule has 0 saturated carbocycles. The lowest BCUT2D eigenvalue weighted by Crippen LogP contribution is -2.18. The predicted octanol–water partition coefficient (Wildman–Crippen LogP) is 4.77. The highest BCUT2D eigenvalue weighted by Gasteiger charge is 2.29. The van der Waals surface area contributed by atoms with Crippen molar-refractivity contribution in [3.05, 3.63) is 75.7 Å². The van der Waals surface area contributed by atoms with E-state index in [4.69, 9.17) is 16.7 Å². The van der Waals surface area contributed by atoms with Crippen molar-refractivity contribution < 1.29 is 18.3 Å². The molecule has 0 radical (unpaired) electrons. The van der Waals surface area contributed by atoms with Crippen molar-refractivity contribution in [1.29, 1.82) is 0 Å². The summed E-state index contributed by atoms with van der Waals surface area (Å²) in [7, 11) is -3.95. The number of fused-ring (bicyclic) bond motifs is 1. The Bertz CT molecular complexity index is 1300. The minimum Gasteiger partial charge on any atom is -0.478 e. The maximum atomic E-state index is 13.4. The van der Waals surface area contributed by atoms with E-state index >= 15 is 0 Å². The molecule has 8 heteroatoms. The average Bonchev–Trinajstić information content (AvgIpc) is 3.10. The lowest BCUT2D eigenvalue weighted by molar-refractivity contribution is 0.0697. The van der Waals surface area contributed by atoms with Gasteiger partial charge in [-0.1, -0.05) is 48.0 Å². The van der Waals surface area contributed by atoms with Gasteiger partial charge in [-0.15, -0.1) is 0 Å². The highest BCUT2D eigenvalue weighted by molar-refractivity contribution is 7.94. The molecule has 4 rings (SSSR count). The second kappa shape index (κ2) is 7.17. The van der Waals surface area contributed by atoms with E-state index in [9.17, 15) is 13.2 Å². The van der Waals surface area contributed by atoms with Crippen LogP contribution in [0.15, 0.2) is 70.1 Å². The summed E-state index contributed by atoms with van der Waals surface area (Å²) >= 11 is 6.21. The highest BCUT2D eigenvalue weighted by atomic mass is 35.5. The van der Waals surface area contributed by atoms with Crippen molar-refractivity contribution in [1.82, 2.24) is 9.19 Å². The molecule has 0 aliphatic heterocycles. The summed E-state index contributed by atoms with van der Waals surface area (Å²) in [5.74, 6) is -1.03. The third-order valence-electron chi connectivity index (χ3n) is 4.94. The van der Waals surface area contributed by atoms with E-state index in [0.29, 0.717) is 45.6 Å².